The van der Waals surface area contributed by atoms with Crippen molar-refractivity contribution in [2.24, 2.45) is 0 Å². The van der Waals surface area contributed by atoms with E-state index in [4.69, 9.17) is 6.42 Å². The summed E-state index contributed by atoms with van der Waals surface area (Å²) in [7, 11) is 0. The number of rotatable bonds is 3. The van der Waals surface area contributed by atoms with Gasteiger partial charge in [0.1, 0.15) is 0 Å². The Balaban J connectivity index is 2.62. The van der Waals surface area contributed by atoms with Crippen molar-refractivity contribution in [3.63, 3.8) is 0 Å². The molecule has 1 aliphatic rings. The van der Waals surface area contributed by atoms with Crippen LogP contribution in [0, 0.1) is 33.1 Å². The van der Waals surface area contributed by atoms with E-state index in [0.717, 1.165) is 43.0 Å². The van der Waals surface area contributed by atoms with Crippen LogP contribution >= 0.6 is 0 Å². The molecule has 0 unspecified atom stereocenters. The van der Waals surface area contributed by atoms with Crippen LogP contribution in [-0.4, -0.2) is 33.2 Å². The number of nitrogens with zero attached hydrogens (tertiary/aromatic N) is 1. The Labute approximate surface area is 130 Å². The van der Waals surface area contributed by atoms with Crippen LogP contribution in [0.15, 0.2) is 0 Å². The predicted octanol–water partition coefficient (Wildman–Crippen LogP) is 2.93. The largest absolute Gasteiger partial charge is 0.482 e. The summed E-state index contributed by atoms with van der Waals surface area (Å²) in [6, 6.07) is 0. The number of hydrogen-bond acceptors (Lipinski definition) is 2. The minimum absolute atomic E-state index is 0.347. The number of halogens is 3. The minimum atomic E-state index is -4.89. The van der Waals surface area contributed by atoms with Crippen molar-refractivity contribution in [2.75, 3.05) is 31.1 Å². The molecule has 0 aliphatic carbocycles. The van der Waals surface area contributed by atoms with Crippen molar-refractivity contribution in [1.29, 1.82) is 0 Å². The van der Waals surface area contributed by atoms with Crippen molar-refractivity contribution in [2.45, 2.75) is 27.1 Å². The van der Waals surface area contributed by atoms with E-state index < -0.39 is 13.3 Å². The fourth-order valence-electron chi connectivity index (χ4n) is 3.37. The minimum Gasteiger partial charge on any atom is -0.449 e. The average molecular weight is 309 g/mol. The van der Waals surface area contributed by atoms with Crippen molar-refractivity contribution >= 4 is 12.7 Å². The maximum Gasteiger partial charge on any atom is 0.482 e. The van der Waals surface area contributed by atoms with E-state index in [1.807, 2.05) is 6.92 Å². The summed E-state index contributed by atoms with van der Waals surface area (Å²) in [6.07, 6.45) is 4.71. The number of benzene rings is 1. The standard InChI is InChI=1S/C16H21BF3N2/c1-5-14-11(2)15(10-17(18,19)20)13(4)16(12(14)3)22-8-6-21-7-9-22/h1,21H,6-10H2,2-4H3/q-1. The molecule has 0 radical (unpaired) electrons. The quantitative estimate of drug-likeness (QED) is 0.682. The molecule has 0 aromatic heterocycles. The van der Waals surface area contributed by atoms with Gasteiger partial charge < -0.3 is 23.2 Å². The summed E-state index contributed by atoms with van der Waals surface area (Å²) in [5.74, 6) is 2.59. The first-order valence-corrected chi connectivity index (χ1v) is 7.52. The molecule has 0 saturated carbocycles. The van der Waals surface area contributed by atoms with E-state index in [1.54, 1.807) is 13.8 Å². The molecule has 1 aliphatic heterocycles. The van der Waals surface area contributed by atoms with E-state index in [2.05, 4.69) is 16.1 Å². The van der Waals surface area contributed by atoms with Gasteiger partial charge >= 0.3 is 6.98 Å². The van der Waals surface area contributed by atoms with Crippen molar-refractivity contribution in [3.8, 4) is 12.3 Å². The van der Waals surface area contributed by atoms with Gasteiger partial charge in [0.05, 0.1) is 0 Å². The summed E-state index contributed by atoms with van der Waals surface area (Å²) in [6.45, 7) is 3.74. The Kier molecular flexibility index (Phi) is 4.76. The molecule has 1 heterocycles. The molecule has 1 aromatic rings. The topological polar surface area (TPSA) is 15.3 Å². The van der Waals surface area contributed by atoms with Crippen LogP contribution in [0.25, 0.3) is 0 Å². The van der Waals surface area contributed by atoms with Crippen LogP contribution in [0.1, 0.15) is 27.8 Å². The molecule has 6 heteroatoms. The van der Waals surface area contributed by atoms with Gasteiger partial charge in [-0.15, -0.1) is 6.42 Å². The second-order valence-electron chi connectivity index (χ2n) is 5.87. The number of piperazine rings is 1. The van der Waals surface area contributed by atoms with Gasteiger partial charge in [-0.1, -0.05) is 17.8 Å². The van der Waals surface area contributed by atoms with Gasteiger partial charge in [0.2, 0.25) is 0 Å². The van der Waals surface area contributed by atoms with Gasteiger partial charge in [-0.05, 0) is 37.5 Å². The second kappa shape index (κ2) is 6.25. The molecule has 2 nitrogen and oxygen atoms in total. The van der Waals surface area contributed by atoms with Gasteiger partial charge in [-0.2, -0.15) is 0 Å². The third-order valence-corrected chi connectivity index (χ3v) is 4.38. The first-order chi connectivity index (χ1) is 10.3. The lowest BCUT2D eigenvalue weighted by atomic mass is 9.76. The Morgan fingerprint density at radius 1 is 1.09 bits per heavy atom. The van der Waals surface area contributed by atoms with Crippen LogP contribution in [-0.2, 0) is 6.32 Å². The normalized spacial score (nSPS) is 15.8. The summed E-state index contributed by atoms with van der Waals surface area (Å²) in [5, 5.41) is 3.26. The van der Waals surface area contributed by atoms with Crippen molar-refractivity contribution < 1.29 is 12.9 Å². The zero-order valence-corrected chi connectivity index (χ0v) is 13.3. The first kappa shape index (κ1) is 16.8. The van der Waals surface area contributed by atoms with Gasteiger partial charge in [0, 0.05) is 37.4 Å². The fourth-order valence-corrected chi connectivity index (χ4v) is 3.37. The lowest BCUT2D eigenvalue weighted by molar-refractivity contribution is 0.468. The zero-order chi connectivity index (χ0) is 16.5. The van der Waals surface area contributed by atoms with E-state index in [0.29, 0.717) is 16.7 Å². The van der Waals surface area contributed by atoms with Crippen molar-refractivity contribution in [1.82, 2.24) is 5.32 Å². The van der Waals surface area contributed by atoms with Gasteiger partial charge in [-0.25, -0.2) is 0 Å². The highest BCUT2D eigenvalue weighted by molar-refractivity contribution is 6.58. The Hall–Kier alpha value is -1.61. The number of terminal acetylenes is 1. The van der Waals surface area contributed by atoms with Crippen LogP contribution in [0.5, 0.6) is 0 Å². The van der Waals surface area contributed by atoms with Gasteiger partial charge in [0.25, 0.3) is 0 Å². The lowest BCUT2D eigenvalue weighted by Crippen LogP contribution is -2.44. The number of hydrogen-bond donors (Lipinski definition) is 1. The van der Waals surface area contributed by atoms with E-state index >= 15 is 0 Å². The molecular weight excluding hydrogens is 288 g/mol. The summed E-state index contributed by atoms with van der Waals surface area (Å²) < 4.78 is 39.0. The molecule has 1 N–H and O–H groups in total. The molecule has 0 bridgehead atoms. The molecule has 0 atom stereocenters. The molecule has 1 aromatic carbocycles. The Morgan fingerprint density at radius 3 is 2.18 bits per heavy atom. The highest BCUT2D eigenvalue weighted by atomic mass is 19.4. The Bertz CT molecular complexity index is 612. The van der Waals surface area contributed by atoms with Crippen LogP contribution in [0.3, 0.4) is 0 Å². The zero-order valence-electron chi connectivity index (χ0n) is 13.3. The molecule has 0 amide bonds. The van der Waals surface area contributed by atoms with Crippen LogP contribution in [0.2, 0.25) is 0 Å². The third kappa shape index (κ3) is 3.25. The smallest absolute Gasteiger partial charge is 0.449 e. The molecule has 0 spiro atoms. The Morgan fingerprint density at radius 2 is 1.68 bits per heavy atom. The summed E-state index contributed by atoms with van der Waals surface area (Å²) >= 11 is 0. The summed E-state index contributed by atoms with van der Waals surface area (Å²) in [5.41, 5.74) is 4.06. The monoisotopic (exact) mass is 309 g/mol. The molecule has 22 heavy (non-hydrogen) atoms. The fraction of sp³-hybridized carbons (Fsp3) is 0.500. The highest BCUT2D eigenvalue weighted by Crippen LogP contribution is 2.35. The van der Waals surface area contributed by atoms with Gasteiger partial charge in [-0.3, -0.25) is 0 Å². The second-order valence-corrected chi connectivity index (χ2v) is 5.87. The SMILES string of the molecule is C#Cc1c(C)c(C[B-](F)(F)F)c(C)c(N2CCNCC2)c1C. The molecular formula is C16H21BF3N2-. The average Bonchev–Trinajstić information content (AvgIpc) is 2.44. The summed E-state index contributed by atoms with van der Waals surface area (Å²) in [4.78, 5) is 2.15. The maximum atomic E-state index is 13.0. The molecule has 2 rings (SSSR count). The first-order valence-electron chi connectivity index (χ1n) is 7.52. The van der Waals surface area contributed by atoms with Crippen LogP contribution in [0.4, 0.5) is 18.6 Å². The third-order valence-electron chi connectivity index (χ3n) is 4.38. The highest BCUT2D eigenvalue weighted by Gasteiger charge is 2.28. The van der Waals surface area contributed by atoms with Crippen LogP contribution < -0.4 is 10.2 Å². The maximum absolute atomic E-state index is 13.0. The number of nitrogens with one attached hydrogen (secondary N) is 1. The molecule has 1 fully saturated rings. The number of anilines is 1. The van der Waals surface area contributed by atoms with E-state index in [-0.39, 0.29) is 0 Å². The van der Waals surface area contributed by atoms with Gasteiger partial charge in [0.15, 0.2) is 0 Å². The van der Waals surface area contributed by atoms with Crippen molar-refractivity contribution in [3.05, 3.63) is 27.8 Å². The molecule has 1 saturated heterocycles. The predicted molar refractivity (Wildman–Crippen MR) is 86.5 cm³/mol. The van der Waals surface area contributed by atoms with E-state index in [9.17, 15) is 12.9 Å². The lowest BCUT2D eigenvalue weighted by Gasteiger charge is -2.34. The van der Waals surface area contributed by atoms with E-state index in [1.165, 1.54) is 0 Å². The molecule has 120 valence electrons.